The molecule has 2 N–H and O–H groups in total. The Morgan fingerprint density at radius 2 is 2.50 bits per heavy atom. The summed E-state index contributed by atoms with van der Waals surface area (Å²) in [5, 5.41) is 0. The Bertz CT molecular complexity index is 105. The lowest BCUT2D eigenvalue weighted by molar-refractivity contribution is 0.512. The fourth-order valence-electron chi connectivity index (χ4n) is 0.986. The number of hydrogen-bond donors (Lipinski definition) is 1. The van der Waals surface area contributed by atoms with Crippen LogP contribution in [0.15, 0.2) is 11.8 Å². The van der Waals surface area contributed by atoms with Gasteiger partial charge in [0, 0.05) is 5.70 Å². The zero-order valence-electron chi connectivity index (χ0n) is 5.35. The average Bonchev–Trinajstić information content (AvgIpc) is 1.77. The first-order chi connectivity index (χ1) is 3.79. The van der Waals surface area contributed by atoms with Crippen LogP contribution >= 0.6 is 0 Å². The number of hydrogen-bond acceptors (Lipinski definition) is 1. The molecule has 0 heterocycles. The summed E-state index contributed by atoms with van der Waals surface area (Å²) in [6.45, 7) is 2.27. The zero-order chi connectivity index (χ0) is 5.98. The zero-order valence-corrected chi connectivity index (χ0v) is 5.35. The Hall–Kier alpha value is -0.460. The van der Waals surface area contributed by atoms with Gasteiger partial charge in [0.1, 0.15) is 0 Å². The van der Waals surface area contributed by atoms with Gasteiger partial charge in [-0.3, -0.25) is 0 Å². The molecule has 0 amide bonds. The van der Waals surface area contributed by atoms with Gasteiger partial charge in [-0.25, -0.2) is 0 Å². The van der Waals surface area contributed by atoms with Gasteiger partial charge in [0.25, 0.3) is 0 Å². The second-order valence-electron chi connectivity index (χ2n) is 2.66. The largest absolute Gasteiger partial charge is 0.402 e. The van der Waals surface area contributed by atoms with Crippen molar-refractivity contribution in [3.8, 4) is 0 Å². The summed E-state index contributed by atoms with van der Waals surface area (Å²) in [4.78, 5) is 0. The molecule has 0 saturated carbocycles. The van der Waals surface area contributed by atoms with E-state index in [0.717, 1.165) is 18.0 Å². The molecule has 0 aromatic heterocycles. The molecule has 1 unspecified atom stereocenters. The lowest BCUT2D eigenvalue weighted by atomic mass is 9.95. The normalized spacial score (nSPS) is 29.6. The van der Waals surface area contributed by atoms with Gasteiger partial charge in [0.15, 0.2) is 0 Å². The van der Waals surface area contributed by atoms with Gasteiger partial charge >= 0.3 is 0 Å². The third-order valence-corrected chi connectivity index (χ3v) is 1.71. The lowest BCUT2D eigenvalue weighted by Gasteiger charge is -2.14. The SMILES string of the molecule is CC1CC=C(N)CC1. The Kier molecular flexibility index (Phi) is 1.56. The van der Waals surface area contributed by atoms with Crippen LogP contribution in [0.4, 0.5) is 0 Å². The summed E-state index contributed by atoms with van der Waals surface area (Å²) in [6, 6.07) is 0. The molecular formula is C7H13N. The van der Waals surface area contributed by atoms with Crippen LogP contribution in [0.1, 0.15) is 26.2 Å². The Balaban J connectivity index is 2.42. The second kappa shape index (κ2) is 2.21. The summed E-state index contributed by atoms with van der Waals surface area (Å²) >= 11 is 0. The Labute approximate surface area is 50.6 Å². The molecule has 1 aliphatic carbocycles. The van der Waals surface area contributed by atoms with Gasteiger partial charge < -0.3 is 5.73 Å². The van der Waals surface area contributed by atoms with Crippen molar-refractivity contribution in [2.75, 3.05) is 0 Å². The maximum Gasteiger partial charge on any atom is 0.00401 e. The van der Waals surface area contributed by atoms with Gasteiger partial charge in [-0.2, -0.15) is 0 Å². The van der Waals surface area contributed by atoms with Crippen molar-refractivity contribution in [2.24, 2.45) is 11.7 Å². The third-order valence-electron chi connectivity index (χ3n) is 1.71. The van der Waals surface area contributed by atoms with E-state index in [-0.39, 0.29) is 0 Å². The molecule has 8 heavy (non-hydrogen) atoms. The number of allylic oxidation sites excluding steroid dienone is 2. The average molecular weight is 111 g/mol. The molecule has 46 valence electrons. The Morgan fingerprint density at radius 1 is 1.75 bits per heavy atom. The van der Waals surface area contributed by atoms with Crippen LogP contribution in [0.3, 0.4) is 0 Å². The molecule has 0 saturated heterocycles. The maximum absolute atomic E-state index is 5.56. The van der Waals surface area contributed by atoms with Gasteiger partial charge in [-0.1, -0.05) is 13.0 Å². The highest BCUT2D eigenvalue weighted by atomic mass is 14.6. The van der Waals surface area contributed by atoms with E-state index < -0.39 is 0 Å². The van der Waals surface area contributed by atoms with Crippen LogP contribution in [0.25, 0.3) is 0 Å². The highest BCUT2D eigenvalue weighted by Gasteiger charge is 2.05. The lowest BCUT2D eigenvalue weighted by Crippen LogP contribution is -2.06. The summed E-state index contributed by atoms with van der Waals surface area (Å²) in [5.41, 5.74) is 6.64. The fourth-order valence-corrected chi connectivity index (χ4v) is 0.986. The molecule has 0 aromatic rings. The van der Waals surface area contributed by atoms with E-state index in [1.807, 2.05) is 0 Å². The molecule has 0 bridgehead atoms. The van der Waals surface area contributed by atoms with Crippen molar-refractivity contribution in [1.29, 1.82) is 0 Å². The van der Waals surface area contributed by atoms with Crippen LogP contribution in [0.5, 0.6) is 0 Å². The highest BCUT2D eigenvalue weighted by molar-refractivity contribution is 5.00. The van der Waals surface area contributed by atoms with Crippen LogP contribution < -0.4 is 5.73 Å². The first-order valence-electron chi connectivity index (χ1n) is 3.23. The summed E-state index contributed by atoms with van der Waals surface area (Å²) < 4.78 is 0. The minimum Gasteiger partial charge on any atom is -0.402 e. The number of rotatable bonds is 0. The van der Waals surface area contributed by atoms with Crippen molar-refractivity contribution >= 4 is 0 Å². The third kappa shape index (κ3) is 1.25. The minimum atomic E-state index is 0.863. The molecule has 0 aliphatic heterocycles. The van der Waals surface area contributed by atoms with Crippen molar-refractivity contribution < 1.29 is 0 Å². The smallest absolute Gasteiger partial charge is 0.00401 e. The van der Waals surface area contributed by atoms with Crippen molar-refractivity contribution in [2.45, 2.75) is 26.2 Å². The molecule has 1 rings (SSSR count). The van der Waals surface area contributed by atoms with E-state index >= 15 is 0 Å². The van der Waals surface area contributed by atoms with Gasteiger partial charge in [-0.05, 0) is 25.2 Å². The summed E-state index contributed by atoms with van der Waals surface area (Å²) in [7, 11) is 0. The minimum absolute atomic E-state index is 0.863. The monoisotopic (exact) mass is 111 g/mol. The van der Waals surface area contributed by atoms with Crippen molar-refractivity contribution in [3.05, 3.63) is 11.8 Å². The van der Waals surface area contributed by atoms with E-state index in [1.165, 1.54) is 12.8 Å². The molecule has 0 aromatic carbocycles. The molecule has 1 nitrogen and oxygen atoms in total. The van der Waals surface area contributed by atoms with Crippen LogP contribution in [0, 0.1) is 5.92 Å². The molecule has 1 heteroatoms. The molecule has 1 aliphatic rings. The molecule has 0 fully saturated rings. The molecular weight excluding hydrogens is 98.1 g/mol. The van der Waals surface area contributed by atoms with E-state index in [9.17, 15) is 0 Å². The molecule has 0 spiro atoms. The van der Waals surface area contributed by atoms with E-state index in [2.05, 4.69) is 13.0 Å². The summed E-state index contributed by atoms with van der Waals surface area (Å²) in [5.74, 6) is 0.863. The topological polar surface area (TPSA) is 26.0 Å². The van der Waals surface area contributed by atoms with Crippen LogP contribution in [-0.4, -0.2) is 0 Å². The van der Waals surface area contributed by atoms with Gasteiger partial charge in [0.05, 0.1) is 0 Å². The highest BCUT2D eigenvalue weighted by Crippen LogP contribution is 2.19. The van der Waals surface area contributed by atoms with E-state index in [0.29, 0.717) is 0 Å². The predicted octanol–water partition coefficient (Wildman–Crippen LogP) is 1.65. The Morgan fingerprint density at radius 3 is 2.88 bits per heavy atom. The molecule has 1 atom stereocenters. The first-order valence-corrected chi connectivity index (χ1v) is 3.23. The second-order valence-corrected chi connectivity index (χ2v) is 2.66. The summed E-state index contributed by atoms with van der Waals surface area (Å²) in [6.07, 6.45) is 5.73. The quantitative estimate of drug-likeness (QED) is 0.505. The van der Waals surface area contributed by atoms with Crippen LogP contribution in [0.2, 0.25) is 0 Å². The maximum atomic E-state index is 5.56. The van der Waals surface area contributed by atoms with Gasteiger partial charge in [0.2, 0.25) is 0 Å². The van der Waals surface area contributed by atoms with E-state index in [1.54, 1.807) is 0 Å². The van der Waals surface area contributed by atoms with E-state index in [4.69, 9.17) is 5.73 Å². The predicted molar refractivity (Wildman–Crippen MR) is 35.3 cm³/mol. The van der Waals surface area contributed by atoms with Crippen molar-refractivity contribution in [1.82, 2.24) is 0 Å². The standard InChI is InChI=1S/C7H13N/c1-6-2-4-7(8)5-3-6/h4,6H,2-3,5,8H2,1H3. The van der Waals surface area contributed by atoms with Gasteiger partial charge in [-0.15, -0.1) is 0 Å². The number of nitrogens with two attached hydrogens (primary N) is 1. The van der Waals surface area contributed by atoms with Crippen LogP contribution in [-0.2, 0) is 0 Å². The fraction of sp³-hybridized carbons (Fsp3) is 0.714. The molecule has 0 radical (unpaired) electrons. The van der Waals surface area contributed by atoms with Crippen molar-refractivity contribution in [3.63, 3.8) is 0 Å². The first kappa shape index (κ1) is 5.67.